The molecule has 21 heavy (non-hydrogen) atoms. The van der Waals surface area contributed by atoms with E-state index in [9.17, 15) is 13.2 Å². The summed E-state index contributed by atoms with van der Waals surface area (Å²) in [4.78, 5) is 0. The maximum Gasteiger partial charge on any atom is 0.126 e. The van der Waals surface area contributed by atoms with Crippen LogP contribution in [0.2, 0.25) is 0 Å². The van der Waals surface area contributed by atoms with Gasteiger partial charge in [0.05, 0.1) is 0 Å². The predicted molar refractivity (Wildman–Crippen MR) is 77.6 cm³/mol. The van der Waals surface area contributed by atoms with Gasteiger partial charge in [0, 0.05) is 12.1 Å². The lowest BCUT2D eigenvalue weighted by molar-refractivity contribution is 0.514. The molecule has 1 N–H and O–H groups in total. The van der Waals surface area contributed by atoms with E-state index in [0.29, 0.717) is 18.4 Å². The molecule has 0 heterocycles. The zero-order valence-corrected chi connectivity index (χ0v) is 11.9. The lowest BCUT2D eigenvalue weighted by Gasteiger charge is -2.18. The maximum absolute atomic E-state index is 13.2. The Labute approximate surface area is 122 Å². The molecular formula is C17H18F3N. The monoisotopic (exact) mass is 293 g/mol. The Hall–Kier alpha value is -1.81. The SMILES string of the molecule is CCNC(Cc1cccc(F)c1)Cc1cc(F)cc(F)c1. The van der Waals surface area contributed by atoms with Crippen molar-refractivity contribution in [2.24, 2.45) is 0 Å². The van der Waals surface area contributed by atoms with Gasteiger partial charge in [-0.05, 0) is 54.8 Å². The fourth-order valence-electron chi connectivity index (χ4n) is 2.47. The molecule has 2 aromatic rings. The third-order valence-electron chi connectivity index (χ3n) is 3.27. The quantitative estimate of drug-likeness (QED) is 0.852. The third kappa shape index (κ3) is 4.90. The molecule has 4 heteroatoms. The van der Waals surface area contributed by atoms with Crippen molar-refractivity contribution in [3.8, 4) is 0 Å². The molecule has 0 amide bonds. The predicted octanol–water partition coefficient (Wildman–Crippen LogP) is 3.87. The van der Waals surface area contributed by atoms with Crippen LogP contribution in [-0.2, 0) is 12.8 Å². The average Bonchev–Trinajstić information content (AvgIpc) is 2.37. The Bertz CT molecular complexity index is 578. The van der Waals surface area contributed by atoms with E-state index in [1.165, 1.54) is 24.3 Å². The summed E-state index contributed by atoms with van der Waals surface area (Å²) in [6.45, 7) is 2.70. The molecule has 1 atom stereocenters. The molecule has 0 radical (unpaired) electrons. The smallest absolute Gasteiger partial charge is 0.126 e. The first kappa shape index (κ1) is 15.6. The second-order valence-electron chi connectivity index (χ2n) is 5.07. The Morgan fingerprint density at radius 2 is 1.48 bits per heavy atom. The minimum Gasteiger partial charge on any atom is -0.314 e. The second-order valence-corrected chi connectivity index (χ2v) is 5.07. The van der Waals surface area contributed by atoms with Crippen LogP contribution in [-0.4, -0.2) is 12.6 Å². The van der Waals surface area contributed by atoms with Crippen molar-refractivity contribution < 1.29 is 13.2 Å². The van der Waals surface area contributed by atoms with Gasteiger partial charge in [0.25, 0.3) is 0 Å². The van der Waals surface area contributed by atoms with Crippen LogP contribution in [0.3, 0.4) is 0 Å². The van der Waals surface area contributed by atoms with Crippen LogP contribution in [0.5, 0.6) is 0 Å². The van der Waals surface area contributed by atoms with Gasteiger partial charge >= 0.3 is 0 Å². The Morgan fingerprint density at radius 1 is 0.857 bits per heavy atom. The van der Waals surface area contributed by atoms with Crippen molar-refractivity contribution in [1.82, 2.24) is 5.32 Å². The molecule has 2 aromatic carbocycles. The summed E-state index contributed by atoms with van der Waals surface area (Å²) in [7, 11) is 0. The highest BCUT2D eigenvalue weighted by Crippen LogP contribution is 2.13. The fourth-order valence-corrected chi connectivity index (χ4v) is 2.47. The van der Waals surface area contributed by atoms with Crippen LogP contribution in [0, 0.1) is 17.5 Å². The largest absolute Gasteiger partial charge is 0.314 e. The Morgan fingerprint density at radius 3 is 2.10 bits per heavy atom. The summed E-state index contributed by atoms with van der Waals surface area (Å²) in [5.74, 6) is -1.43. The van der Waals surface area contributed by atoms with Crippen molar-refractivity contribution in [2.45, 2.75) is 25.8 Å². The maximum atomic E-state index is 13.2. The molecule has 2 rings (SSSR count). The molecular weight excluding hydrogens is 275 g/mol. The highest BCUT2D eigenvalue weighted by Gasteiger charge is 2.11. The van der Waals surface area contributed by atoms with Gasteiger partial charge in [0.1, 0.15) is 17.5 Å². The van der Waals surface area contributed by atoms with E-state index in [1.54, 1.807) is 6.07 Å². The Balaban J connectivity index is 2.11. The van der Waals surface area contributed by atoms with Crippen LogP contribution in [0.4, 0.5) is 13.2 Å². The number of likely N-dealkylation sites (N-methyl/N-ethyl adjacent to an activating group) is 1. The first-order chi connectivity index (χ1) is 10.1. The minimum absolute atomic E-state index is 0.00185. The van der Waals surface area contributed by atoms with Gasteiger partial charge < -0.3 is 5.32 Å². The summed E-state index contributed by atoms with van der Waals surface area (Å²) in [6, 6.07) is 9.91. The summed E-state index contributed by atoms with van der Waals surface area (Å²) < 4.78 is 39.7. The topological polar surface area (TPSA) is 12.0 Å². The molecule has 0 spiro atoms. The van der Waals surface area contributed by atoms with Crippen LogP contribution in [0.1, 0.15) is 18.1 Å². The molecule has 0 saturated carbocycles. The first-order valence-electron chi connectivity index (χ1n) is 6.99. The zero-order chi connectivity index (χ0) is 15.2. The molecule has 0 aliphatic carbocycles. The molecule has 0 aliphatic rings. The molecule has 0 aliphatic heterocycles. The summed E-state index contributed by atoms with van der Waals surface area (Å²) in [5, 5.41) is 3.27. The number of hydrogen-bond acceptors (Lipinski definition) is 1. The van der Waals surface area contributed by atoms with E-state index in [0.717, 1.165) is 18.2 Å². The van der Waals surface area contributed by atoms with Gasteiger partial charge in [-0.2, -0.15) is 0 Å². The van der Waals surface area contributed by atoms with Gasteiger partial charge in [-0.25, -0.2) is 13.2 Å². The number of halogens is 3. The van der Waals surface area contributed by atoms with E-state index < -0.39 is 11.6 Å². The van der Waals surface area contributed by atoms with Gasteiger partial charge in [-0.3, -0.25) is 0 Å². The standard InChI is InChI=1S/C17H18F3N/c1-2-21-17(9-12-4-3-5-14(18)6-12)10-13-7-15(19)11-16(20)8-13/h3-8,11,17,21H,2,9-10H2,1H3. The van der Waals surface area contributed by atoms with Gasteiger partial charge in [-0.1, -0.05) is 19.1 Å². The number of rotatable bonds is 6. The molecule has 0 aromatic heterocycles. The lowest BCUT2D eigenvalue weighted by Crippen LogP contribution is -2.33. The van der Waals surface area contributed by atoms with Crippen LogP contribution < -0.4 is 5.32 Å². The molecule has 0 bridgehead atoms. The zero-order valence-electron chi connectivity index (χ0n) is 11.9. The van der Waals surface area contributed by atoms with E-state index in [-0.39, 0.29) is 11.9 Å². The summed E-state index contributed by atoms with van der Waals surface area (Å²) in [6.07, 6.45) is 1.09. The van der Waals surface area contributed by atoms with Gasteiger partial charge in [0.2, 0.25) is 0 Å². The van der Waals surface area contributed by atoms with Gasteiger partial charge in [0.15, 0.2) is 0 Å². The normalized spacial score (nSPS) is 12.4. The second kappa shape index (κ2) is 7.27. The third-order valence-corrected chi connectivity index (χ3v) is 3.27. The van der Waals surface area contributed by atoms with Gasteiger partial charge in [-0.15, -0.1) is 0 Å². The van der Waals surface area contributed by atoms with Crippen molar-refractivity contribution in [1.29, 1.82) is 0 Å². The Kier molecular flexibility index (Phi) is 5.39. The van der Waals surface area contributed by atoms with E-state index in [1.807, 2.05) is 13.0 Å². The summed E-state index contributed by atoms with van der Waals surface area (Å²) in [5.41, 5.74) is 1.45. The summed E-state index contributed by atoms with van der Waals surface area (Å²) >= 11 is 0. The van der Waals surface area contributed by atoms with Crippen molar-refractivity contribution in [2.75, 3.05) is 6.54 Å². The fraction of sp³-hybridized carbons (Fsp3) is 0.294. The highest BCUT2D eigenvalue weighted by molar-refractivity contribution is 5.21. The van der Waals surface area contributed by atoms with Crippen LogP contribution in [0.15, 0.2) is 42.5 Å². The van der Waals surface area contributed by atoms with E-state index in [4.69, 9.17) is 0 Å². The number of nitrogens with one attached hydrogen (secondary N) is 1. The molecule has 1 unspecified atom stereocenters. The number of hydrogen-bond donors (Lipinski definition) is 1. The van der Waals surface area contributed by atoms with Crippen molar-refractivity contribution in [3.05, 3.63) is 71.0 Å². The highest BCUT2D eigenvalue weighted by atomic mass is 19.1. The molecule has 112 valence electrons. The van der Waals surface area contributed by atoms with Crippen molar-refractivity contribution in [3.63, 3.8) is 0 Å². The molecule has 0 saturated heterocycles. The van der Waals surface area contributed by atoms with Crippen LogP contribution in [0.25, 0.3) is 0 Å². The average molecular weight is 293 g/mol. The molecule has 1 nitrogen and oxygen atoms in total. The van der Waals surface area contributed by atoms with E-state index in [2.05, 4.69) is 5.32 Å². The van der Waals surface area contributed by atoms with Crippen molar-refractivity contribution >= 4 is 0 Å². The number of benzene rings is 2. The molecule has 0 fully saturated rings. The van der Waals surface area contributed by atoms with Crippen LogP contribution >= 0.6 is 0 Å². The lowest BCUT2D eigenvalue weighted by atomic mass is 9.98. The first-order valence-corrected chi connectivity index (χ1v) is 6.99. The minimum atomic E-state index is -0.578. The van der Waals surface area contributed by atoms with E-state index >= 15 is 0 Å².